The lowest BCUT2D eigenvalue weighted by Crippen LogP contribution is -2.51. The number of carboxylic acid groups (broad SMARTS) is 1. The zero-order valence-electron chi connectivity index (χ0n) is 15.1. The highest BCUT2D eigenvalue weighted by atomic mass is 19.1. The smallest absolute Gasteiger partial charge is 0.341 e. The molecule has 7 heteroatoms. The van der Waals surface area contributed by atoms with E-state index in [1.54, 1.807) is 10.6 Å². The number of aromatic carboxylic acids is 1. The van der Waals surface area contributed by atoms with Crippen molar-refractivity contribution in [3.8, 4) is 0 Å². The van der Waals surface area contributed by atoms with Crippen LogP contribution in [-0.4, -0.2) is 28.4 Å². The molecule has 140 valence electrons. The number of anilines is 1. The maximum Gasteiger partial charge on any atom is 0.341 e. The molecule has 0 atom stereocenters. The Morgan fingerprint density at radius 2 is 2.00 bits per heavy atom. The largest absolute Gasteiger partial charge is 0.477 e. The molecule has 1 saturated carbocycles. The van der Waals surface area contributed by atoms with E-state index in [4.69, 9.17) is 0 Å². The third kappa shape index (κ3) is 3.19. The first kappa shape index (κ1) is 18.4. The van der Waals surface area contributed by atoms with Gasteiger partial charge in [-0.1, -0.05) is 6.42 Å². The van der Waals surface area contributed by atoms with Crippen molar-refractivity contribution < 1.29 is 14.3 Å². The van der Waals surface area contributed by atoms with Crippen LogP contribution in [0, 0.1) is 5.82 Å². The Morgan fingerprint density at radius 1 is 1.31 bits per heavy atom. The second-order valence-corrected chi connectivity index (χ2v) is 6.83. The van der Waals surface area contributed by atoms with Gasteiger partial charge < -0.3 is 15.0 Å². The van der Waals surface area contributed by atoms with E-state index in [1.807, 2.05) is 14.0 Å². The van der Waals surface area contributed by atoms with Gasteiger partial charge in [0, 0.05) is 18.1 Å². The molecular formula is C19H24FN3O3. The monoisotopic (exact) mass is 361 g/mol. The summed E-state index contributed by atoms with van der Waals surface area (Å²) in [7, 11) is 1.86. The minimum Gasteiger partial charge on any atom is -0.477 e. The molecule has 1 aromatic heterocycles. The Morgan fingerprint density at radius 3 is 2.58 bits per heavy atom. The van der Waals surface area contributed by atoms with E-state index in [2.05, 4.69) is 10.6 Å². The summed E-state index contributed by atoms with van der Waals surface area (Å²) in [5.74, 6) is -1.86. The molecule has 1 aliphatic rings. The number of hydrogen-bond acceptors (Lipinski definition) is 4. The number of hydrogen-bond donors (Lipinski definition) is 3. The van der Waals surface area contributed by atoms with Crippen molar-refractivity contribution in [2.24, 2.45) is 0 Å². The molecule has 0 bridgehead atoms. The van der Waals surface area contributed by atoms with Crippen LogP contribution >= 0.6 is 0 Å². The number of benzene rings is 1. The molecule has 3 rings (SSSR count). The Bertz CT molecular complexity index is 901. The van der Waals surface area contributed by atoms with E-state index in [0.29, 0.717) is 17.7 Å². The Kier molecular flexibility index (Phi) is 5.00. The molecule has 1 fully saturated rings. The van der Waals surface area contributed by atoms with Crippen LogP contribution in [-0.2, 0) is 6.54 Å². The van der Waals surface area contributed by atoms with E-state index in [-0.39, 0.29) is 16.6 Å². The molecule has 6 nitrogen and oxygen atoms in total. The van der Waals surface area contributed by atoms with Crippen molar-refractivity contribution in [2.75, 3.05) is 12.4 Å². The van der Waals surface area contributed by atoms with Gasteiger partial charge in [-0.05, 0) is 51.8 Å². The molecule has 0 radical (unpaired) electrons. The van der Waals surface area contributed by atoms with Gasteiger partial charge in [0.05, 0.1) is 16.9 Å². The summed E-state index contributed by atoms with van der Waals surface area (Å²) < 4.78 is 16.4. The number of fused-ring (bicyclic) bond motifs is 1. The van der Waals surface area contributed by atoms with Crippen molar-refractivity contribution in [2.45, 2.75) is 51.2 Å². The summed E-state index contributed by atoms with van der Waals surface area (Å²) in [5.41, 5.74) is -0.542. The molecule has 1 heterocycles. The highest BCUT2D eigenvalue weighted by Crippen LogP contribution is 2.31. The van der Waals surface area contributed by atoms with Crippen LogP contribution < -0.4 is 16.1 Å². The number of rotatable bonds is 5. The maximum absolute atomic E-state index is 14.7. The molecule has 0 aliphatic heterocycles. The van der Waals surface area contributed by atoms with Crippen molar-refractivity contribution in [1.82, 2.24) is 9.88 Å². The predicted molar refractivity (Wildman–Crippen MR) is 99.3 cm³/mol. The summed E-state index contributed by atoms with van der Waals surface area (Å²) in [6, 6.07) is 2.75. The first-order valence-corrected chi connectivity index (χ1v) is 8.98. The third-order valence-corrected chi connectivity index (χ3v) is 5.30. The van der Waals surface area contributed by atoms with Crippen molar-refractivity contribution in [3.63, 3.8) is 0 Å². The van der Waals surface area contributed by atoms with Gasteiger partial charge in [0.15, 0.2) is 0 Å². The Labute approximate surface area is 151 Å². The number of aryl methyl sites for hydroxylation is 1. The van der Waals surface area contributed by atoms with E-state index in [1.165, 1.54) is 12.6 Å². The highest BCUT2D eigenvalue weighted by molar-refractivity contribution is 5.93. The van der Waals surface area contributed by atoms with Crippen LogP contribution in [0.3, 0.4) is 0 Å². The molecule has 0 unspecified atom stereocenters. The lowest BCUT2D eigenvalue weighted by Gasteiger charge is -2.39. The fourth-order valence-electron chi connectivity index (χ4n) is 3.77. The molecule has 0 amide bonds. The molecule has 1 aromatic carbocycles. The number of carbonyl (C=O) groups is 1. The maximum atomic E-state index is 14.7. The van der Waals surface area contributed by atoms with Gasteiger partial charge in [-0.25, -0.2) is 9.18 Å². The number of halogens is 1. The SMILES string of the molecule is CCn1cc(C(=O)O)c(=O)c2cc(F)c(NC3(NC)CCCCC3)cc21. The van der Waals surface area contributed by atoms with Crippen LogP contribution in [0.2, 0.25) is 0 Å². The standard InChI is InChI=1S/C19H24FN3O3/c1-3-23-11-13(18(25)26)17(24)12-9-14(20)15(10-16(12)23)22-19(21-2)7-5-4-6-8-19/h9-11,21-22H,3-8H2,1-2H3,(H,25,26). The Balaban J connectivity index is 2.14. The predicted octanol–water partition coefficient (Wildman–Crippen LogP) is 3.15. The first-order valence-electron chi connectivity index (χ1n) is 8.98. The first-order chi connectivity index (χ1) is 12.4. The minimum absolute atomic E-state index is 0.0805. The lowest BCUT2D eigenvalue weighted by molar-refractivity contribution is 0.0695. The molecule has 0 saturated heterocycles. The van der Waals surface area contributed by atoms with Gasteiger partial charge in [-0.3, -0.25) is 10.1 Å². The molecule has 1 aliphatic carbocycles. The summed E-state index contributed by atoms with van der Waals surface area (Å²) >= 11 is 0. The van der Waals surface area contributed by atoms with E-state index in [9.17, 15) is 19.1 Å². The second-order valence-electron chi connectivity index (χ2n) is 6.83. The average Bonchev–Trinajstić information content (AvgIpc) is 2.64. The lowest BCUT2D eigenvalue weighted by atomic mass is 9.88. The molecule has 3 N–H and O–H groups in total. The zero-order chi connectivity index (χ0) is 18.9. The normalized spacial score (nSPS) is 16.6. The number of nitrogens with one attached hydrogen (secondary N) is 2. The van der Waals surface area contributed by atoms with Crippen molar-refractivity contribution in [1.29, 1.82) is 0 Å². The van der Waals surface area contributed by atoms with Crippen molar-refractivity contribution in [3.05, 3.63) is 39.9 Å². The summed E-state index contributed by atoms with van der Waals surface area (Å²) in [6.45, 7) is 2.32. The number of aromatic nitrogens is 1. The topological polar surface area (TPSA) is 83.4 Å². The van der Waals surface area contributed by atoms with E-state index in [0.717, 1.165) is 31.7 Å². The number of carboxylic acids is 1. The van der Waals surface area contributed by atoms with Gasteiger partial charge in [0.2, 0.25) is 5.43 Å². The highest BCUT2D eigenvalue weighted by Gasteiger charge is 2.31. The van der Waals surface area contributed by atoms with Gasteiger partial charge in [0.25, 0.3) is 0 Å². The van der Waals surface area contributed by atoms with Gasteiger partial charge in [0.1, 0.15) is 11.4 Å². The summed E-state index contributed by atoms with van der Waals surface area (Å²) in [4.78, 5) is 23.7. The number of pyridine rings is 1. The van der Waals surface area contributed by atoms with Crippen LogP contribution in [0.15, 0.2) is 23.1 Å². The van der Waals surface area contributed by atoms with Gasteiger partial charge in [-0.15, -0.1) is 0 Å². The van der Waals surface area contributed by atoms with E-state index >= 15 is 0 Å². The Hall–Kier alpha value is -2.41. The summed E-state index contributed by atoms with van der Waals surface area (Å²) in [5, 5.41) is 15.9. The fourth-order valence-corrected chi connectivity index (χ4v) is 3.77. The van der Waals surface area contributed by atoms with Crippen molar-refractivity contribution >= 4 is 22.6 Å². The minimum atomic E-state index is -1.31. The molecule has 2 aromatic rings. The second kappa shape index (κ2) is 7.07. The van der Waals surface area contributed by atoms with Gasteiger partial charge >= 0.3 is 5.97 Å². The van der Waals surface area contributed by atoms with Crippen LogP contribution in [0.5, 0.6) is 0 Å². The van der Waals surface area contributed by atoms with E-state index < -0.39 is 17.2 Å². The van der Waals surface area contributed by atoms with Crippen LogP contribution in [0.4, 0.5) is 10.1 Å². The third-order valence-electron chi connectivity index (χ3n) is 5.30. The molecule has 26 heavy (non-hydrogen) atoms. The molecular weight excluding hydrogens is 337 g/mol. The number of nitrogens with zero attached hydrogens (tertiary/aromatic N) is 1. The van der Waals surface area contributed by atoms with Crippen LogP contribution in [0.25, 0.3) is 10.9 Å². The van der Waals surface area contributed by atoms with Gasteiger partial charge in [-0.2, -0.15) is 0 Å². The summed E-state index contributed by atoms with van der Waals surface area (Å²) in [6.07, 6.45) is 6.39. The average molecular weight is 361 g/mol. The zero-order valence-corrected chi connectivity index (χ0v) is 15.1. The quantitative estimate of drug-likeness (QED) is 0.713. The molecule has 0 spiro atoms. The van der Waals surface area contributed by atoms with Crippen LogP contribution in [0.1, 0.15) is 49.4 Å². The fraction of sp³-hybridized carbons (Fsp3) is 0.474.